The molecule has 0 unspecified atom stereocenters. The normalized spacial score (nSPS) is 13.6. The zero-order valence-corrected chi connectivity index (χ0v) is 16.0. The maximum Gasteiger partial charge on any atom is 0.325 e. The second kappa shape index (κ2) is 8.19. The average molecular weight is 452 g/mol. The van der Waals surface area contributed by atoms with Gasteiger partial charge in [-0.05, 0) is 60.4 Å². The fourth-order valence-electron chi connectivity index (χ4n) is 2.23. The molecule has 1 aromatic rings. The van der Waals surface area contributed by atoms with Crippen LogP contribution in [-0.2, 0) is 9.53 Å². The summed E-state index contributed by atoms with van der Waals surface area (Å²) in [6.45, 7) is 2.52. The lowest BCUT2D eigenvalue weighted by atomic mass is 10.1. The van der Waals surface area contributed by atoms with Gasteiger partial charge in [0.2, 0.25) is 0 Å². The number of carbonyl (C=O) groups excluding carboxylic acids is 2. The minimum Gasteiger partial charge on any atom is -0.496 e. The Hall–Kier alpha value is -1.02. The number of amides is 1. The predicted molar refractivity (Wildman–Crippen MR) is 96.0 cm³/mol. The summed E-state index contributed by atoms with van der Waals surface area (Å²) in [5.41, 5.74) is 0.364. The number of esters is 1. The van der Waals surface area contributed by atoms with Gasteiger partial charge in [0.1, 0.15) is 12.3 Å². The first-order chi connectivity index (χ1) is 11.0. The minimum atomic E-state index is -0.405. The van der Waals surface area contributed by atoms with E-state index in [4.69, 9.17) is 21.1 Å². The summed E-state index contributed by atoms with van der Waals surface area (Å²) in [5, 5.41) is 0.484. The van der Waals surface area contributed by atoms with E-state index in [-0.39, 0.29) is 12.5 Å². The van der Waals surface area contributed by atoms with Crippen LogP contribution in [0.4, 0.5) is 0 Å². The highest BCUT2D eigenvalue weighted by molar-refractivity contribution is 14.1. The quantitative estimate of drug-likeness (QED) is 0.471. The fourth-order valence-corrected chi connectivity index (χ4v) is 2.83. The first-order valence-corrected chi connectivity index (χ1v) is 8.89. The second-order valence-electron chi connectivity index (χ2n) is 5.40. The maximum absolute atomic E-state index is 12.9. The summed E-state index contributed by atoms with van der Waals surface area (Å²) in [6.07, 6.45) is 2.16. The second-order valence-corrected chi connectivity index (χ2v) is 6.97. The van der Waals surface area contributed by atoms with Crippen LogP contribution in [0, 0.1) is 9.49 Å². The van der Waals surface area contributed by atoms with Crippen LogP contribution in [-0.4, -0.2) is 43.6 Å². The molecule has 0 spiro atoms. The van der Waals surface area contributed by atoms with Crippen molar-refractivity contribution in [1.82, 2.24) is 4.90 Å². The topological polar surface area (TPSA) is 55.8 Å². The molecule has 0 atom stereocenters. The summed E-state index contributed by atoms with van der Waals surface area (Å²) in [6, 6.07) is 3.31. The van der Waals surface area contributed by atoms with E-state index in [0.717, 1.165) is 16.4 Å². The monoisotopic (exact) mass is 451 g/mol. The molecule has 0 heterocycles. The van der Waals surface area contributed by atoms with Crippen molar-refractivity contribution in [2.75, 3.05) is 26.8 Å². The number of benzene rings is 1. The van der Waals surface area contributed by atoms with E-state index in [1.807, 2.05) is 0 Å². The zero-order valence-electron chi connectivity index (χ0n) is 13.1. The van der Waals surface area contributed by atoms with Gasteiger partial charge in [-0.2, -0.15) is 0 Å². The van der Waals surface area contributed by atoms with Crippen molar-refractivity contribution in [3.8, 4) is 5.75 Å². The van der Waals surface area contributed by atoms with Gasteiger partial charge in [-0.3, -0.25) is 9.59 Å². The minimum absolute atomic E-state index is 0.0596. The third kappa shape index (κ3) is 4.97. The van der Waals surface area contributed by atoms with Crippen LogP contribution in [0.25, 0.3) is 0 Å². The van der Waals surface area contributed by atoms with E-state index < -0.39 is 5.97 Å². The Bertz CT molecular complexity index is 604. The third-order valence-corrected chi connectivity index (χ3v) is 5.08. The number of halogens is 2. The lowest BCUT2D eigenvalue weighted by molar-refractivity contribution is -0.143. The van der Waals surface area contributed by atoms with E-state index >= 15 is 0 Å². The predicted octanol–water partition coefficient (Wildman–Crippen LogP) is 3.37. The van der Waals surface area contributed by atoms with Crippen molar-refractivity contribution in [3.05, 3.63) is 26.3 Å². The Morgan fingerprint density at radius 3 is 2.65 bits per heavy atom. The number of carbonyl (C=O) groups is 2. The summed E-state index contributed by atoms with van der Waals surface area (Å²) in [7, 11) is 1.51. The van der Waals surface area contributed by atoms with Gasteiger partial charge in [-0.1, -0.05) is 11.6 Å². The molecule has 1 aromatic carbocycles. The number of methoxy groups -OCH3 is 1. The molecule has 0 saturated heterocycles. The first kappa shape index (κ1) is 18.3. The van der Waals surface area contributed by atoms with E-state index in [2.05, 4.69) is 22.6 Å². The molecular formula is C16H19ClINO4. The van der Waals surface area contributed by atoms with Crippen molar-refractivity contribution in [1.29, 1.82) is 0 Å². The van der Waals surface area contributed by atoms with Gasteiger partial charge in [0.05, 0.1) is 24.3 Å². The van der Waals surface area contributed by atoms with Gasteiger partial charge in [-0.15, -0.1) is 0 Å². The summed E-state index contributed by atoms with van der Waals surface area (Å²) < 4.78 is 11.1. The molecule has 126 valence electrons. The van der Waals surface area contributed by atoms with Gasteiger partial charge >= 0.3 is 5.97 Å². The summed E-state index contributed by atoms with van der Waals surface area (Å²) in [4.78, 5) is 26.2. The number of hydrogen-bond acceptors (Lipinski definition) is 4. The Balaban J connectivity index is 2.25. The van der Waals surface area contributed by atoms with E-state index in [1.165, 1.54) is 12.0 Å². The van der Waals surface area contributed by atoms with Gasteiger partial charge in [0.15, 0.2) is 0 Å². The molecule has 0 aliphatic heterocycles. The summed E-state index contributed by atoms with van der Waals surface area (Å²) in [5.74, 6) is 0.240. The van der Waals surface area contributed by atoms with Gasteiger partial charge < -0.3 is 14.4 Å². The van der Waals surface area contributed by atoms with E-state index in [9.17, 15) is 9.59 Å². The number of ether oxygens (including phenoxy) is 2. The fraction of sp³-hybridized carbons (Fsp3) is 0.500. The number of hydrogen-bond donors (Lipinski definition) is 0. The highest BCUT2D eigenvalue weighted by Crippen LogP contribution is 2.32. The van der Waals surface area contributed by atoms with Crippen LogP contribution in [0.1, 0.15) is 30.1 Å². The van der Waals surface area contributed by atoms with Gasteiger partial charge in [0.25, 0.3) is 5.91 Å². The van der Waals surface area contributed by atoms with Crippen LogP contribution in [0.15, 0.2) is 12.1 Å². The molecule has 2 rings (SSSR count). The van der Waals surface area contributed by atoms with E-state index in [0.29, 0.717) is 35.4 Å². The van der Waals surface area contributed by atoms with Crippen molar-refractivity contribution in [2.45, 2.75) is 19.8 Å². The standard InChI is InChI=1S/C16H19ClINO4/c1-3-23-15(20)9-19(8-10-4-5-10)16(21)11-6-12(17)13(18)7-14(11)22-2/h6-7,10H,3-5,8-9H2,1-2H3. The molecule has 0 bridgehead atoms. The maximum atomic E-state index is 12.9. The summed E-state index contributed by atoms with van der Waals surface area (Å²) >= 11 is 8.22. The van der Waals surface area contributed by atoms with Crippen LogP contribution < -0.4 is 4.74 Å². The first-order valence-electron chi connectivity index (χ1n) is 7.44. The Morgan fingerprint density at radius 1 is 1.39 bits per heavy atom. The van der Waals surface area contributed by atoms with Gasteiger partial charge in [-0.25, -0.2) is 0 Å². The van der Waals surface area contributed by atoms with Crippen molar-refractivity contribution in [2.24, 2.45) is 5.92 Å². The molecule has 1 fully saturated rings. The molecule has 1 aliphatic rings. The smallest absolute Gasteiger partial charge is 0.325 e. The average Bonchev–Trinajstić information content (AvgIpc) is 3.32. The lowest BCUT2D eigenvalue weighted by Crippen LogP contribution is -2.38. The van der Waals surface area contributed by atoms with Crippen LogP contribution in [0.5, 0.6) is 5.75 Å². The lowest BCUT2D eigenvalue weighted by Gasteiger charge is -2.23. The number of rotatable bonds is 7. The zero-order chi connectivity index (χ0) is 17.0. The molecule has 0 N–H and O–H groups in total. The van der Waals surface area contributed by atoms with Crippen molar-refractivity contribution < 1.29 is 19.1 Å². The van der Waals surface area contributed by atoms with Crippen LogP contribution in [0.3, 0.4) is 0 Å². The largest absolute Gasteiger partial charge is 0.496 e. The number of nitrogens with zero attached hydrogens (tertiary/aromatic N) is 1. The van der Waals surface area contributed by atoms with Crippen LogP contribution >= 0.6 is 34.2 Å². The molecule has 7 heteroatoms. The Morgan fingerprint density at radius 2 is 2.09 bits per heavy atom. The molecule has 1 saturated carbocycles. The molecule has 1 aliphatic carbocycles. The molecule has 0 radical (unpaired) electrons. The highest BCUT2D eigenvalue weighted by Gasteiger charge is 2.30. The van der Waals surface area contributed by atoms with Gasteiger partial charge in [0, 0.05) is 10.1 Å². The van der Waals surface area contributed by atoms with Crippen molar-refractivity contribution in [3.63, 3.8) is 0 Å². The van der Waals surface area contributed by atoms with Crippen molar-refractivity contribution >= 4 is 46.1 Å². The highest BCUT2D eigenvalue weighted by atomic mass is 127. The SMILES string of the molecule is CCOC(=O)CN(CC1CC1)C(=O)c1cc(Cl)c(I)cc1OC. The Labute approximate surface area is 154 Å². The molecule has 23 heavy (non-hydrogen) atoms. The molecular weight excluding hydrogens is 433 g/mol. The molecule has 1 amide bonds. The van der Waals surface area contributed by atoms with E-state index in [1.54, 1.807) is 19.1 Å². The molecule has 0 aromatic heterocycles. The third-order valence-electron chi connectivity index (χ3n) is 3.56. The molecule has 5 nitrogen and oxygen atoms in total. The van der Waals surface area contributed by atoms with Crippen LogP contribution in [0.2, 0.25) is 5.02 Å². The Kier molecular flexibility index (Phi) is 6.52.